The molecule has 1 unspecified atom stereocenters. The van der Waals surface area contributed by atoms with Crippen molar-refractivity contribution in [3.8, 4) is 0 Å². The first kappa shape index (κ1) is 21.0. The minimum atomic E-state index is -0.315. The summed E-state index contributed by atoms with van der Waals surface area (Å²) in [5.41, 5.74) is 2.61. The predicted molar refractivity (Wildman–Crippen MR) is 119 cm³/mol. The second-order valence-electron chi connectivity index (χ2n) is 9.33. The third kappa shape index (κ3) is 4.00. The van der Waals surface area contributed by atoms with Crippen LogP contribution in [-0.4, -0.2) is 39.8 Å². The maximum absolute atomic E-state index is 13.7. The van der Waals surface area contributed by atoms with Gasteiger partial charge in [-0.15, -0.1) is 0 Å². The standard InChI is InChI=1S/C25H29FN4O2/c1-16-21-9-10-22(31)30(14-17-5-4-8-20(26)13-17)24(21)28-23(27-16)19-11-12-29(15-19)25(32)18-6-2-3-7-18/h4-5,8,13,18-19H,2-3,6-7,9-12,14-15H2,1H3. The molecule has 1 aromatic carbocycles. The van der Waals surface area contributed by atoms with Crippen LogP contribution < -0.4 is 4.90 Å². The van der Waals surface area contributed by atoms with E-state index < -0.39 is 0 Å². The van der Waals surface area contributed by atoms with Gasteiger partial charge in [0.25, 0.3) is 0 Å². The van der Waals surface area contributed by atoms with Crippen LogP contribution in [0.5, 0.6) is 0 Å². The van der Waals surface area contributed by atoms with Gasteiger partial charge in [0.1, 0.15) is 17.5 Å². The molecule has 2 amide bonds. The van der Waals surface area contributed by atoms with E-state index in [9.17, 15) is 14.0 Å². The Bertz CT molecular complexity index is 1050. The van der Waals surface area contributed by atoms with Crippen LogP contribution >= 0.6 is 0 Å². The SMILES string of the molecule is Cc1nc(C2CCN(C(=O)C3CCCC3)C2)nc2c1CCC(=O)N2Cc1cccc(F)c1. The highest BCUT2D eigenvalue weighted by atomic mass is 19.1. The fourth-order valence-corrected chi connectivity index (χ4v) is 5.37. The molecule has 1 atom stereocenters. The summed E-state index contributed by atoms with van der Waals surface area (Å²) in [4.78, 5) is 39.0. The van der Waals surface area contributed by atoms with Crippen LogP contribution in [0.1, 0.15) is 67.1 Å². The number of aromatic nitrogens is 2. The first-order valence-electron chi connectivity index (χ1n) is 11.7. The normalized spacial score (nSPS) is 21.3. The van der Waals surface area contributed by atoms with E-state index in [0.717, 1.165) is 55.5 Å². The molecule has 7 heteroatoms. The Morgan fingerprint density at radius 3 is 2.75 bits per heavy atom. The van der Waals surface area contributed by atoms with Crippen molar-refractivity contribution in [2.24, 2.45) is 5.92 Å². The van der Waals surface area contributed by atoms with E-state index in [4.69, 9.17) is 9.97 Å². The van der Waals surface area contributed by atoms with E-state index in [1.165, 1.54) is 12.1 Å². The smallest absolute Gasteiger partial charge is 0.228 e. The van der Waals surface area contributed by atoms with Gasteiger partial charge in [0.05, 0.1) is 6.54 Å². The summed E-state index contributed by atoms with van der Waals surface area (Å²) in [7, 11) is 0. The molecule has 0 N–H and O–H groups in total. The molecule has 2 fully saturated rings. The van der Waals surface area contributed by atoms with Crippen LogP contribution in [0.15, 0.2) is 24.3 Å². The summed E-state index contributed by atoms with van der Waals surface area (Å²) in [6.45, 7) is 3.64. The fourth-order valence-electron chi connectivity index (χ4n) is 5.37. The highest BCUT2D eigenvalue weighted by Crippen LogP contribution is 2.34. The molecule has 3 aliphatic rings. The van der Waals surface area contributed by atoms with E-state index in [1.807, 2.05) is 17.9 Å². The first-order valence-corrected chi connectivity index (χ1v) is 11.7. The van der Waals surface area contributed by atoms with Crippen molar-refractivity contribution in [3.05, 3.63) is 52.7 Å². The number of aryl methyl sites for hydroxylation is 1. The van der Waals surface area contributed by atoms with Crippen LogP contribution in [0.2, 0.25) is 0 Å². The average Bonchev–Trinajstić information content (AvgIpc) is 3.48. The number of hydrogen-bond acceptors (Lipinski definition) is 4. The molecule has 1 saturated carbocycles. The van der Waals surface area contributed by atoms with Crippen molar-refractivity contribution in [2.75, 3.05) is 18.0 Å². The van der Waals surface area contributed by atoms with Gasteiger partial charge in [-0.1, -0.05) is 25.0 Å². The van der Waals surface area contributed by atoms with Gasteiger partial charge in [0, 0.05) is 42.6 Å². The predicted octanol–water partition coefficient (Wildman–Crippen LogP) is 3.91. The molecule has 3 heterocycles. The molecule has 5 rings (SSSR count). The molecule has 6 nitrogen and oxygen atoms in total. The Balaban J connectivity index is 1.40. The number of carbonyl (C=O) groups excluding carboxylic acids is 2. The van der Waals surface area contributed by atoms with Crippen molar-refractivity contribution in [1.29, 1.82) is 0 Å². The first-order chi connectivity index (χ1) is 15.5. The number of nitrogens with zero attached hydrogens (tertiary/aromatic N) is 4. The van der Waals surface area contributed by atoms with E-state index in [2.05, 4.69) is 0 Å². The van der Waals surface area contributed by atoms with Gasteiger partial charge >= 0.3 is 0 Å². The molecular weight excluding hydrogens is 407 g/mol. The van der Waals surface area contributed by atoms with Gasteiger partial charge in [-0.3, -0.25) is 14.5 Å². The molecule has 32 heavy (non-hydrogen) atoms. The Morgan fingerprint density at radius 1 is 1.16 bits per heavy atom. The van der Waals surface area contributed by atoms with Gasteiger partial charge in [-0.2, -0.15) is 0 Å². The highest BCUT2D eigenvalue weighted by Gasteiger charge is 2.35. The zero-order valence-corrected chi connectivity index (χ0v) is 18.5. The quantitative estimate of drug-likeness (QED) is 0.729. The molecule has 2 aromatic rings. The third-order valence-corrected chi connectivity index (χ3v) is 7.15. The number of halogens is 1. The lowest BCUT2D eigenvalue weighted by Crippen LogP contribution is -2.36. The Hall–Kier alpha value is -2.83. The summed E-state index contributed by atoms with van der Waals surface area (Å²) in [5, 5.41) is 0. The van der Waals surface area contributed by atoms with Crippen LogP contribution in [0.3, 0.4) is 0 Å². The molecule has 1 saturated heterocycles. The maximum atomic E-state index is 13.7. The number of rotatable bonds is 4. The van der Waals surface area contributed by atoms with Crippen LogP contribution in [0.25, 0.3) is 0 Å². The number of anilines is 1. The maximum Gasteiger partial charge on any atom is 0.228 e. The number of carbonyl (C=O) groups is 2. The summed E-state index contributed by atoms with van der Waals surface area (Å²) in [5.74, 6) is 1.58. The number of likely N-dealkylation sites (tertiary alicyclic amines) is 1. The van der Waals surface area contributed by atoms with Gasteiger partial charge in [0.15, 0.2) is 0 Å². The van der Waals surface area contributed by atoms with Crippen LogP contribution in [0, 0.1) is 18.7 Å². The van der Waals surface area contributed by atoms with Crippen molar-refractivity contribution >= 4 is 17.6 Å². The third-order valence-electron chi connectivity index (χ3n) is 7.15. The van der Waals surface area contributed by atoms with Crippen LogP contribution in [0.4, 0.5) is 10.2 Å². The van der Waals surface area contributed by atoms with Gasteiger partial charge < -0.3 is 4.90 Å². The summed E-state index contributed by atoms with van der Waals surface area (Å²) >= 11 is 0. The van der Waals surface area contributed by atoms with Gasteiger partial charge in [0.2, 0.25) is 11.8 Å². The molecule has 0 radical (unpaired) electrons. The number of amides is 2. The molecule has 1 aliphatic carbocycles. The minimum Gasteiger partial charge on any atom is -0.342 e. The summed E-state index contributed by atoms with van der Waals surface area (Å²) in [6, 6.07) is 6.34. The fraction of sp³-hybridized carbons (Fsp3) is 0.520. The monoisotopic (exact) mass is 436 g/mol. The Kier molecular flexibility index (Phi) is 5.66. The number of hydrogen-bond donors (Lipinski definition) is 0. The van der Waals surface area contributed by atoms with E-state index in [-0.39, 0.29) is 36.0 Å². The van der Waals surface area contributed by atoms with Gasteiger partial charge in [-0.05, 0) is 50.3 Å². The summed E-state index contributed by atoms with van der Waals surface area (Å²) in [6.07, 6.45) is 6.17. The molecular formula is C25H29FN4O2. The zero-order valence-electron chi connectivity index (χ0n) is 18.5. The molecule has 1 aromatic heterocycles. The van der Waals surface area contributed by atoms with E-state index in [1.54, 1.807) is 11.0 Å². The van der Waals surface area contributed by atoms with E-state index >= 15 is 0 Å². The molecule has 0 spiro atoms. The molecule has 2 aliphatic heterocycles. The Labute approximate surface area is 187 Å². The minimum absolute atomic E-state index is 0.00438. The van der Waals surface area contributed by atoms with Crippen molar-refractivity contribution < 1.29 is 14.0 Å². The second-order valence-corrected chi connectivity index (χ2v) is 9.33. The molecule has 168 valence electrons. The lowest BCUT2D eigenvalue weighted by molar-refractivity contribution is -0.134. The van der Waals surface area contributed by atoms with Gasteiger partial charge in [-0.25, -0.2) is 14.4 Å². The second kappa shape index (κ2) is 8.60. The lowest BCUT2D eigenvalue weighted by Gasteiger charge is -2.30. The largest absolute Gasteiger partial charge is 0.342 e. The number of fused-ring (bicyclic) bond motifs is 1. The van der Waals surface area contributed by atoms with E-state index in [0.29, 0.717) is 31.0 Å². The Morgan fingerprint density at radius 2 is 1.97 bits per heavy atom. The van der Waals surface area contributed by atoms with Crippen molar-refractivity contribution in [1.82, 2.24) is 14.9 Å². The van der Waals surface area contributed by atoms with Crippen molar-refractivity contribution in [3.63, 3.8) is 0 Å². The molecule has 0 bridgehead atoms. The van der Waals surface area contributed by atoms with Crippen LogP contribution in [-0.2, 0) is 22.6 Å². The average molecular weight is 437 g/mol. The lowest BCUT2D eigenvalue weighted by atomic mass is 10.0. The van der Waals surface area contributed by atoms with Crippen molar-refractivity contribution in [2.45, 2.75) is 64.3 Å². The summed E-state index contributed by atoms with van der Waals surface area (Å²) < 4.78 is 13.7. The topological polar surface area (TPSA) is 66.4 Å². The zero-order chi connectivity index (χ0) is 22.2. The highest BCUT2D eigenvalue weighted by molar-refractivity contribution is 5.95. The number of benzene rings is 1.